The summed E-state index contributed by atoms with van der Waals surface area (Å²) in [4.78, 5) is 2.78. The fourth-order valence-corrected chi connectivity index (χ4v) is 2.42. The lowest BCUT2D eigenvalue weighted by atomic mass is 10.1. The van der Waals surface area contributed by atoms with Gasteiger partial charge in [-0.3, -0.25) is 0 Å². The summed E-state index contributed by atoms with van der Waals surface area (Å²) in [6.45, 7) is 5.01. The van der Waals surface area contributed by atoms with Gasteiger partial charge in [-0.25, -0.2) is 0 Å². The fourth-order valence-electron chi connectivity index (χ4n) is 2.29. The van der Waals surface area contributed by atoms with Crippen molar-refractivity contribution in [1.29, 1.82) is 0 Å². The molecule has 0 aromatic heterocycles. The molecule has 2 N–H and O–H groups in total. The summed E-state index contributed by atoms with van der Waals surface area (Å²) < 4.78 is 5.69. The Hall–Kier alpha value is -1.13. The SMILES string of the molecule is CCN(CC1CCCO1)c1ccc(C(N)=S)cc1. The van der Waals surface area contributed by atoms with E-state index in [1.807, 2.05) is 12.1 Å². The van der Waals surface area contributed by atoms with Gasteiger partial charge in [0.2, 0.25) is 0 Å². The third-order valence-corrected chi connectivity index (χ3v) is 3.58. The van der Waals surface area contributed by atoms with Crippen molar-refractivity contribution in [3.05, 3.63) is 29.8 Å². The number of benzene rings is 1. The first-order valence-electron chi connectivity index (χ1n) is 6.47. The zero-order valence-corrected chi connectivity index (χ0v) is 11.6. The van der Waals surface area contributed by atoms with Gasteiger partial charge in [0.25, 0.3) is 0 Å². The molecule has 0 radical (unpaired) electrons. The largest absolute Gasteiger partial charge is 0.389 e. The molecule has 1 saturated heterocycles. The van der Waals surface area contributed by atoms with Crippen LogP contribution in [-0.4, -0.2) is 30.8 Å². The standard InChI is InChI=1S/C14H20N2OS/c1-2-16(10-13-4-3-9-17-13)12-7-5-11(6-8-12)14(15)18/h5-8,13H,2-4,9-10H2,1H3,(H2,15,18). The number of thiocarbonyl (C=S) groups is 1. The van der Waals surface area contributed by atoms with Crippen LogP contribution < -0.4 is 10.6 Å². The van der Waals surface area contributed by atoms with Crippen LogP contribution in [0.5, 0.6) is 0 Å². The highest BCUT2D eigenvalue weighted by Gasteiger charge is 2.18. The van der Waals surface area contributed by atoms with Crippen molar-refractivity contribution in [2.24, 2.45) is 5.73 Å². The maximum atomic E-state index is 5.69. The Kier molecular flexibility index (Phi) is 4.55. The van der Waals surface area contributed by atoms with Crippen LogP contribution in [0.15, 0.2) is 24.3 Å². The average molecular weight is 264 g/mol. The van der Waals surface area contributed by atoms with E-state index in [1.54, 1.807) is 0 Å². The van der Waals surface area contributed by atoms with Crippen LogP contribution in [0.3, 0.4) is 0 Å². The van der Waals surface area contributed by atoms with E-state index in [1.165, 1.54) is 18.5 Å². The predicted molar refractivity (Wildman–Crippen MR) is 79.2 cm³/mol. The highest BCUT2D eigenvalue weighted by molar-refractivity contribution is 7.80. The minimum Gasteiger partial charge on any atom is -0.389 e. The highest BCUT2D eigenvalue weighted by Crippen LogP contribution is 2.19. The molecule has 1 atom stereocenters. The monoisotopic (exact) mass is 264 g/mol. The summed E-state index contributed by atoms with van der Waals surface area (Å²) in [5, 5.41) is 0. The Balaban J connectivity index is 2.04. The molecule has 4 heteroatoms. The van der Waals surface area contributed by atoms with Gasteiger partial charge in [-0.15, -0.1) is 0 Å². The third kappa shape index (κ3) is 3.21. The molecule has 1 heterocycles. The van der Waals surface area contributed by atoms with Crippen molar-refractivity contribution in [3.8, 4) is 0 Å². The summed E-state index contributed by atoms with van der Waals surface area (Å²) >= 11 is 4.96. The lowest BCUT2D eigenvalue weighted by molar-refractivity contribution is 0.115. The van der Waals surface area contributed by atoms with Gasteiger partial charge < -0.3 is 15.4 Å². The third-order valence-electron chi connectivity index (χ3n) is 3.35. The first-order valence-corrected chi connectivity index (χ1v) is 6.88. The first kappa shape index (κ1) is 13.3. The van der Waals surface area contributed by atoms with Gasteiger partial charge in [0, 0.05) is 30.9 Å². The Morgan fingerprint density at radius 1 is 1.44 bits per heavy atom. The Labute approximate surface area is 114 Å². The number of anilines is 1. The Morgan fingerprint density at radius 3 is 2.67 bits per heavy atom. The molecule has 18 heavy (non-hydrogen) atoms. The van der Waals surface area contributed by atoms with Gasteiger partial charge in [-0.2, -0.15) is 0 Å². The van der Waals surface area contributed by atoms with E-state index in [-0.39, 0.29) is 0 Å². The number of ether oxygens (including phenoxy) is 1. The van der Waals surface area contributed by atoms with E-state index in [9.17, 15) is 0 Å². The molecule has 0 saturated carbocycles. The Morgan fingerprint density at radius 2 is 2.17 bits per heavy atom. The molecule has 3 nitrogen and oxygen atoms in total. The van der Waals surface area contributed by atoms with Crippen molar-refractivity contribution in [2.75, 3.05) is 24.6 Å². The smallest absolute Gasteiger partial charge is 0.103 e. The number of hydrogen-bond acceptors (Lipinski definition) is 3. The topological polar surface area (TPSA) is 38.5 Å². The maximum absolute atomic E-state index is 5.69. The van der Waals surface area contributed by atoms with E-state index in [2.05, 4.69) is 24.0 Å². The average Bonchev–Trinajstić information content (AvgIpc) is 2.89. The van der Waals surface area contributed by atoms with Crippen molar-refractivity contribution in [2.45, 2.75) is 25.9 Å². The van der Waals surface area contributed by atoms with E-state index in [0.29, 0.717) is 11.1 Å². The molecule has 1 fully saturated rings. The molecule has 2 rings (SSSR count). The molecular weight excluding hydrogens is 244 g/mol. The lowest BCUT2D eigenvalue weighted by Crippen LogP contribution is -2.32. The van der Waals surface area contributed by atoms with Crippen molar-refractivity contribution in [1.82, 2.24) is 0 Å². The van der Waals surface area contributed by atoms with Crippen LogP contribution >= 0.6 is 12.2 Å². The summed E-state index contributed by atoms with van der Waals surface area (Å²) in [6, 6.07) is 8.12. The molecule has 0 aliphatic carbocycles. The first-order chi connectivity index (χ1) is 8.70. The van der Waals surface area contributed by atoms with Crippen LogP contribution in [0.4, 0.5) is 5.69 Å². The van der Waals surface area contributed by atoms with Gasteiger partial charge in [0.1, 0.15) is 4.99 Å². The van der Waals surface area contributed by atoms with E-state index in [4.69, 9.17) is 22.7 Å². The van der Waals surface area contributed by atoms with Gasteiger partial charge in [-0.1, -0.05) is 12.2 Å². The molecule has 0 spiro atoms. The predicted octanol–water partition coefficient (Wildman–Crippen LogP) is 2.33. The van der Waals surface area contributed by atoms with Gasteiger partial charge in [0.05, 0.1) is 6.10 Å². The molecule has 1 aromatic rings. The molecular formula is C14H20N2OS. The minimum absolute atomic E-state index is 0.375. The number of likely N-dealkylation sites (N-methyl/N-ethyl adjacent to an activating group) is 1. The van der Waals surface area contributed by atoms with Gasteiger partial charge in [0.15, 0.2) is 0 Å². The zero-order valence-electron chi connectivity index (χ0n) is 10.8. The summed E-state index contributed by atoms with van der Waals surface area (Å²) in [7, 11) is 0. The molecule has 1 unspecified atom stereocenters. The minimum atomic E-state index is 0.375. The quantitative estimate of drug-likeness (QED) is 0.828. The van der Waals surface area contributed by atoms with Gasteiger partial charge in [-0.05, 0) is 44.0 Å². The van der Waals surface area contributed by atoms with E-state index >= 15 is 0 Å². The van der Waals surface area contributed by atoms with Crippen LogP contribution in [0.25, 0.3) is 0 Å². The summed E-state index contributed by atoms with van der Waals surface area (Å²) in [6.07, 6.45) is 2.73. The van der Waals surface area contributed by atoms with E-state index in [0.717, 1.165) is 25.3 Å². The number of rotatable bonds is 5. The second-order valence-corrected chi connectivity index (χ2v) is 5.02. The van der Waals surface area contributed by atoms with Crippen molar-refractivity contribution >= 4 is 22.9 Å². The van der Waals surface area contributed by atoms with Crippen LogP contribution in [-0.2, 0) is 4.74 Å². The van der Waals surface area contributed by atoms with E-state index < -0.39 is 0 Å². The second kappa shape index (κ2) is 6.16. The molecule has 1 aliphatic rings. The summed E-state index contributed by atoms with van der Waals surface area (Å²) in [5.41, 5.74) is 7.72. The van der Waals surface area contributed by atoms with Crippen LogP contribution in [0, 0.1) is 0 Å². The van der Waals surface area contributed by atoms with Crippen LogP contribution in [0.2, 0.25) is 0 Å². The molecule has 0 amide bonds. The second-order valence-electron chi connectivity index (χ2n) is 4.58. The van der Waals surface area contributed by atoms with Crippen molar-refractivity contribution < 1.29 is 4.74 Å². The number of nitrogens with two attached hydrogens (primary N) is 1. The van der Waals surface area contributed by atoms with Crippen molar-refractivity contribution in [3.63, 3.8) is 0 Å². The Bertz CT molecular complexity index is 399. The van der Waals surface area contributed by atoms with Crippen LogP contribution in [0.1, 0.15) is 25.3 Å². The fraction of sp³-hybridized carbons (Fsp3) is 0.500. The maximum Gasteiger partial charge on any atom is 0.103 e. The molecule has 98 valence electrons. The summed E-state index contributed by atoms with van der Waals surface area (Å²) in [5.74, 6) is 0. The molecule has 1 aromatic carbocycles. The normalized spacial score (nSPS) is 18.8. The number of hydrogen-bond donors (Lipinski definition) is 1. The highest BCUT2D eigenvalue weighted by atomic mass is 32.1. The molecule has 1 aliphatic heterocycles. The molecule has 0 bridgehead atoms. The number of nitrogens with zero attached hydrogens (tertiary/aromatic N) is 1. The lowest BCUT2D eigenvalue weighted by Gasteiger charge is -2.26. The van der Waals surface area contributed by atoms with Gasteiger partial charge >= 0.3 is 0 Å². The zero-order chi connectivity index (χ0) is 13.0.